The molecule has 1 aliphatic carbocycles. The smallest absolute Gasteiger partial charge is 0.398 e. The first-order valence-electron chi connectivity index (χ1n) is 5.63. The first-order valence-corrected chi connectivity index (χ1v) is 5.63. The topological polar surface area (TPSA) is 18.5 Å². The molecule has 0 N–H and O–H groups in total. The fourth-order valence-corrected chi connectivity index (χ4v) is 1.76. The second kappa shape index (κ2) is 3.54. The van der Waals surface area contributed by atoms with Gasteiger partial charge in [-0.3, -0.25) is 0 Å². The summed E-state index contributed by atoms with van der Waals surface area (Å²) in [5.74, 6) is 0. The van der Waals surface area contributed by atoms with Crippen molar-refractivity contribution < 1.29 is 18.1 Å². The molecule has 2 fully saturated rings. The van der Waals surface area contributed by atoms with Crippen LogP contribution in [0.25, 0.3) is 0 Å². The van der Waals surface area contributed by atoms with Crippen LogP contribution in [-0.2, 0) is 9.31 Å². The summed E-state index contributed by atoms with van der Waals surface area (Å²) in [6.07, 6.45) is -0.279. The van der Waals surface area contributed by atoms with E-state index in [0.717, 1.165) is 0 Å². The minimum atomic E-state index is -1.15. The zero-order valence-electron chi connectivity index (χ0n) is 10.1. The highest BCUT2D eigenvalue weighted by Gasteiger charge is 2.54. The Morgan fingerprint density at radius 1 is 1.25 bits per heavy atom. The SMILES string of the molecule is CC1(C)OB(C(F)=C2CCC2F)OC1(C)C. The van der Waals surface area contributed by atoms with E-state index >= 15 is 0 Å². The fourth-order valence-electron chi connectivity index (χ4n) is 1.76. The van der Waals surface area contributed by atoms with Crippen LogP contribution in [0, 0.1) is 0 Å². The van der Waals surface area contributed by atoms with Gasteiger partial charge in [-0.05, 0) is 46.1 Å². The molecule has 1 heterocycles. The normalized spacial score (nSPS) is 34.9. The molecular formula is C11H17BF2O2. The van der Waals surface area contributed by atoms with E-state index in [1.54, 1.807) is 0 Å². The lowest BCUT2D eigenvalue weighted by molar-refractivity contribution is 0.00578. The average molecular weight is 230 g/mol. The van der Waals surface area contributed by atoms with Gasteiger partial charge in [0.15, 0.2) is 0 Å². The molecular weight excluding hydrogens is 213 g/mol. The predicted octanol–water partition coefficient (Wildman–Crippen LogP) is 2.97. The number of allylic oxidation sites excluding steroid dienone is 1. The summed E-state index contributed by atoms with van der Waals surface area (Å²) >= 11 is 0. The number of hydrogen-bond donors (Lipinski definition) is 0. The van der Waals surface area contributed by atoms with Crippen LogP contribution in [0.4, 0.5) is 8.78 Å². The lowest BCUT2D eigenvalue weighted by Crippen LogP contribution is -2.41. The number of alkyl halides is 1. The van der Waals surface area contributed by atoms with Gasteiger partial charge in [0.05, 0.1) is 11.2 Å². The third-order valence-electron chi connectivity index (χ3n) is 3.81. The largest absolute Gasteiger partial charge is 0.525 e. The van der Waals surface area contributed by atoms with E-state index in [0.29, 0.717) is 12.8 Å². The molecule has 1 atom stereocenters. The van der Waals surface area contributed by atoms with E-state index in [4.69, 9.17) is 9.31 Å². The van der Waals surface area contributed by atoms with Crippen LogP contribution in [-0.4, -0.2) is 24.5 Å². The van der Waals surface area contributed by atoms with Gasteiger partial charge in [0.25, 0.3) is 0 Å². The molecule has 5 heteroatoms. The van der Waals surface area contributed by atoms with Crippen molar-refractivity contribution >= 4 is 7.12 Å². The van der Waals surface area contributed by atoms with E-state index in [-0.39, 0.29) is 5.57 Å². The highest BCUT2D eigenvalue weighted by Crippen LogP contribution is 2.42. The summed E-state index contributed by atoms with van der Waals surface area (Å²) in [4.78, 5) is 0. The van der Waals surface area contributed by atoms with Crippen molar-refractivity contribution in [3.8, 4) is 0 Å². The minimum absolute atomic E-state index is 0.207. The molecule has 2 nitrogen and oxygen atoms in total. The molecule has 0 spiro atoms. The lowest BCUT2D eigenvalue weighted by atomic mass is 9.77. The summed E-state index contributed by atoms with van der Waals surface area (Å²) in [5.41, 5.74) is -1.52. The highest BCUT2D eigenvalue weighted by atomic mass is 19.1. The zero-order valence-corrected chi connectivity index (χ0v) is 10.1. The maximum Gasteiger partial charge on any atom is 0.525 e. The van der Waals surface area contributed by atoms with Crippen LogP contribution in [0.3, 0.4) is 0 Å². The summed E-state index contributed by atoms with van der Waals surface area (Å²) in [6.45, 7) is 7.38. The van der Waals surface area contributed by atoms with Crippen LogP contribution in [0.15, 0.2) is 11.3 Å². The molecule has 0 aromatic heterocycles. The Kier molecular flexibility index (Phi) is 2.66. The number of halogens is 2. The molecule has 2 rings (SSSR count). The molecule has 1 aliphatic heterocycles. The maximum atomic E-state index is 13.9. The Balaban J connectivity index is 2.18. The standard InChI is InChI=1S/C11H17BF2O2/c1-10(2)11(3,4)16-12(15-10)9(14)7-5-6-8(7)13/h8H,5-6H2,1-4H3. The molecule has 0 amide bonds. The van der Waals surface area contributed by atoms with Crippen LogP contribution >= 0.6 is 0 Å². The molecule has 0 bridgehead atoms. The molecule has 0 aromatic carbocycles. The monoisotopic (exact) mass is 230 g/mol. The lowest BCUT2D eigenvalue weighted by Gasteiger charge is -2.32. The highest BCUT2D eigenvalue weighted by molar-refractivity contribution is 6.54. The van der Waals surface area contributed by atoms with E-state index in [1.165, 1.54) is 0 Å². The number of rotatable bonds is 1. The van der Waals surface area contributed by atoms with E-state index in [2.05, 4.69) is 0 Å². The average Bonchev–Trinajstić information content (AvgIpc) is 2.34. The molecule has 90 valence electrons. The van der Waals surface area contributed by atoms with Crippen LogP contribution in [0.2, 0.25) is 0 Å². The van der Waals surface area contributed by atoms with Gasteiger partial charge in [-0.25, -0.2) is 8.78 Å². The van der Waals surface area contributed by atoms with Gasteiger partial charge in [0.2, 0.25) is 0 Å². The van der Waals surface area contributed by atoms with Crippen LogP contribution in [0.1, 0.15) is 40.5 Å². The molecule has 1 unspecified atom stereocenters. The maximum absolute atomic E-state index is 13.9. The van der Waals surface area contributed by atoms with E-state index in [9.17, 15) is 8.78 Å². The van der Waals surface area contributed by atoms with Gasteiger partial charge in [-0.1, -0.05) is 0 Å². The Hall–Kier alpha value is -0.415. The Bertz CT molecular complexity index is 323. The second-order valence-electron chi connectivity index (χ2n) is 5.47. The third-order valence-corrected chi connectivity index (χ3v) is 3.81. The van der Waals surface area contributed by atoms with Crippen molar-refractivity contribution in [1.82, 2.24) is 0 Å². The van der Waals surface area contributed by atoms with Gasteiger partial charge >= 0.3 is 7.12 Å². The Morgan fingerprint density at radius 2 is 1.75 bits per heavy atom. The van der Waals surface area contributed by atoms with Gasteiger partial charge in [0, 0.05) is 0 Å². The molecule has 2 aliphatic rings. The van der Waals surface area contributed by atoms with Crippen molar-refractivity contribution in [3.05, 3.63) is 11.3 Å². The first-order chi connectivity index (χ1) is 7.24. The van der Waals surface area contributed by atoms with E-state index in [1.807, 2.05) is 27.7 Å². The van der Waals surface area contributed by atoms with Gasteiger partial charge in [-0.2, -0.15) is 0 Å². The van der Waals surface area contributed by atoms with Crippen molar-refractivity contribution in [3.63, 3.8) is 0 Å². The zero-order chi connectivity index (χ0) is 12.1. The van der Waals surface area contributed by atoms with Crippen LogP contribution in [0.5, 0.6) is 0 Å². The predicted molar refractivity (Wildman–Crippen MR) is 58.3 cm³/mol. The van der Waals surface area contributed by atoms with Crippen molar-refractivity contribution in [2.24, 2.45) is 0 Å². The molecule has 0 aromatic rings. The van der Waals surface area contributed by atoms with Gasteiger partial charge in [0.1, 0.15) is 11.9 Å². The van der Waals surface area contributed by atoms with Crippen LogP contribution < -0.4 is 0 Å². The van der Waals surface area contributed by atoms with Crippen molar-refractivity contribution in [1.29, 1.82) is 0 Å². The quantitative estimate of drug-likeness (QED) is 0.644. The summed E-state index contributed by atoms with van der Waals surface area (Å²) in [5, 5.41) is 0. The summed E-state index contributed by atoms with van der Waals surface area (Å²) < 4.78 is 38.0. The first kappa shape index (κ1) is 12.1. The molecule has 1 saturated carbocycles. The van der Waals surface area contributed by atoms with Gasteiger partial charge < -0.3 is 9.31 Å². The summed E-state index contributed by atoms with van der Waals surface area (Å²) in [6, 6.07) is 0. The van der Waals surface area contributed by atoms with E-state index < -0.39 is 30.2 Å². The fraction of sp³-hybridized carbons (Fsp3) is 0.818. The summed E-state index contributed by atoms with van der Waals surface area (Å²) in [7, 11) is -1.04. The van der Waals surface area contributed by atoms with Crippen molar-refractivity contribution in [2.75, 3.05) is 0 Å². The number of hydrogen-bond acceptors (Lipinski definition) is 2. The molecule has 1 saturated heterocycles. The van der Waals surface area contributed by atoms with Gasteiger partial charge in [-0.15, -0.1) is 0 Å². The molecule has 16 heavy (non-hydrogen) atoms. The minimum Gasteiger partial charge on any atom is -0.398 e. The second-order valence-corrected chi connectivity index (χ2v) is 5.47. The molecule has 0 radical (unpaired) electrons. The Morgan fingerprint density at radius 3 is 2.06 bits per heavy atom. The Labute approximate surface area is 95.1 Å². The van der Waals surface area contributed by atoms with Crippen molar-refractivity contribution in [2.45, 2.75) is 57.9 Å². The third kappa shape index (κ3) is 1.70.